The molecule has 3 rings (SSSR count). The maximum absolute atomic E-state index is 5.56. The molecule has 0 aliphatic carbocycles. The Labute approximate surface area is 197 Å². The maximum Gasteiger partial charge on any atom is 0.191 e. The summed E-state index contributed by atoms with van der Waals surface area (Å²) in [4.78, 5) is 12.4. The number of halogens is 1. The largest absolute Gasteiger partial charge is 0.379 e. The summed E-state index contributed by atoms with van der Waals surface area (Å²) < 4.78 is 5.56. The quantitative estimate of drug-likeness (QED) is 0.333. The van der Waals surface area contributed by atoms with E-state index in [0.717, 1.165) is 51.9 Å². The van der Waals surface area contributed by atoms with Gasteiger partial charge >= 0.3 is 0 Å². The normalized spacial score (nSPS) is 21.1. The predicted octanol–water partition coefficient (Wildman–Crippen LogP) is 3.09. The molecule has 166 valence electrons. The van der Waals surface area contributed by atoms with Gasteiger partial charge in [-0.25, -0.2) is 0 Å². The average Bonchev–Trinajstić information content (AvgIpc) is 3.14. The van der Waals surface area contributed by atoms with Gasteiger partial charge in [0, 0.05) is 61.6 Å². The molecule has 0 radical (unpaired) electrons. The lowest BCUT2D eigenvalue weighted by atomic mass is 10.0. The fourth-order valence-electron chi connectivity index (χ4n) is 4.07. The van der Waals surface area contributed by atoms with Crippen molar-refractivity contribution in [2.45, 2.75) is 51.7 Å². The summed E-state index contributed by atoms with van der Waals surface area (Å²) >= 11 is 1.90. The second kappa shape index (κ2) is 12.4. The molecule has 1 unspecified atom stereocenters. The zero-order valence-electron chi connectivity index (χ0n) is 18.3. The van der Waals surface area contributed by atoms with E-state index >= 15 is 0 Å². The topological polar surface area (TPSA) is 52.1 Å². The van der Waals surface area contributed by atoms with Gasteiger partial charge in [-0.15, -0.1) is 35.3 Å². The van der Waals surface area contributed by atoms with Crippen LogP contribution >= 0.6 is 35.3 Å². The van der Waals surface area contributed by atoms with Crippen LogP contribution in [0, 0.1) is 6.92 Å². The molecule has 2 aliphatic rings. The van der Waals surface area contributed by atoms with E-state index in [4.69, 9.17) is 4.74 Å². The Kier molecular flexibility index (Phi) is 10.7. The van der Waals surface area contributed by atoms with Gasteiger partial charge in [-0.3, -0.25) is 9.89 Å². The van der Waals surface area contributed by atoms with Crippen LogP contribution in [0.4, 0.5) is 0 Å². The van der Waals surface area contributed by atoms with Crippen LogP contribution in [0.3, 0.4) is 0 Å². The van der Waals surface area contributed by atoms with Crippen LogP contribution in [0.5, 0.6) is 0 Å². The Hall–Kier alpha value is -0.420. The van der Waals surface area contributed by atoms with Crippen molar-refractivity contribution in [3.63, 3.8) is 0 Å². The lowest BCUT2D eigenvalue weighted by Gasteiger charge is -2.36. The Morgan fingerprint density at radius 3 is 2.41 bits per heavy atom. The number of rotatable bonds is 6. The van der Waals surface area contributed by atoms with Gasteiger partial charge < -0.3 is 20.3 Å². The Morgan fingerprint density at radius 1 is 1.17 bits per heavy atom. The predicted molar refractivity (Wildman–Crippen MR) is 134 cm³/mol. The molecule has 2 fully saturated rings. The van der Waals surface area contributed by atoms with Crippen molar-refractivity contribution >= 4 is 41.3 Å². The second-order valence-electron chi connectivity index (χ2n) is 8.11. The molecule has 8 heteroatoms. The minimum absolute atomic E-state index is 0. The van der Waals surface area contributed by atoms with E-state index in [9.17, 15) is 0 Å². The molecule has 0 bridgehead atoms. The molecule has 2 aliphatic heterocycles. The summed E-state index contributed by atoms with van der Waals surface area (Å²) in [5.41, 5.74) is 0. The first kappa shape index (κ1) is 24.8. The van der Waals surface area contributed by atoms with Gasteiger partial charge in [-0.2, -0.15) is 0 Å². The van der Waals surface area contributed by atoms with Gasteiger partial charge in [-0.1, -0.05) is 0 Å². The Balaban J connectivity index is 0.00000300. The summed E-state index contributed by atoms with van der Waals surface area (Å²) in [6, 6.07) is 6.01. The molecule has 29 heavy (non-hydrogen) atoms. The van der Waals surface area contributed by atoms with Crippen molar-refractivity contribution in [3.8, 4) is 0 Å². The first-order valence-corrected chi connectivity index (χ1v) is 11.5. The highest BCUT2D eigenvalue weighted by atomic mass is 127. The van der Waals surface area contributed by atoms with E-state index in [2.05, 4.69) is 58.3 Å². The number of aliphatic imine (C=N–C) groups is 1. The smallest absolute Gasteiger partial charge is 0.191 e. The molecule has 0 spiro atoms. The summed E-state index contributed by atoms with van der Waals surface area (Å²) in [7, 11) is 1.87. The zero-order valence-corrected chi connectivity index (χ0v) is 21.5. The maximum atomic E-state index is 5.56. The number of morpholine rings is 1. The highest BCUT2D eigenvalue weighted by Crippen LogP contribution is 2.28. The van der Waals surface area contributed by atoms with Crippen molar-refractivity contribution in [1.29, 1.82) is 0 Å². The van der Waals surface area contributed by atoms with Gasteiger partial charge in [0.25, 0.3) is 0 Å². The third-order valence-electron chi connectivity index (χ3n) is 5.86. The number of nitrogens with one attached hydrogen (secondary N) is 2. The van der Waals surface area contributed by atoms with Crippen molar-refractivity contribution in [2.75, 3.05) is 53.0 Å². The molecule has 2 saturated heterocycles. The molecular weight excluding hydrogens is 497 g/mol. The number of hydrogen-bond acceptors (Lipinski definition) is 5. The molecule has 0 aromatic carbocycles. The number of ether oxygens (including phenoxy) is 1. The molecule has 3 heterocycles. The third kappa shape index (κ3) is 7.34. The van der Waals surface area contributed by atoms with E-state index in [-0.39, 0.29) is 24.0 Å². The molecule has 0 amide bonds. The van der Waals surface area contributed by atoms with Gasteiger partial charge in [0.2, 0.25) is 0 Å². The van der Waals surface area contributed by atoms with E-state index in [1.807, 2.05) is 18.4 Å². The van der Waals surface area contributed by atoms with Crippen molar-refractivity contribution in [2.24, 2.45) is 4.99 Å². The SMILES string of the molecule is CN=C(NCC(c1ccc(C)s1)N1CCOCC1)NC1CCN(C(C)C)CC1.I. The summed E-state index contributed by atoms with van der Waals surface area (Å²) in [6.07, 6.45) is 2.35. The van der Waals surface area contributed by atoms with E-state index in [1.54, 1.807) is 0 Å². The van der Waals surface area contributed by atoms with Crippen LogP contribution in [0.2, 0.25) is 0 Å². The number of thiophene rings is 1. The minimum Gasteiger partial charge on any atom is -0.379 e. The molecule has 1 aromatic heterocycles. The van der Waals surface area contributed by atoms with Crippen LogP contribution in [-0.4, -0.2) is 80.8 Å². The molecule has 1 aromatic rings. The van der Waals surface area contributed by atoms with Gasteiger partial charge in [0.05, 0.1) is 19.3 Å². The fraction of sp³-hybridized carbons (Fsp3) is 0.762. The second-order valence-corrected chi connectivity index (χ2v) is 9.43. The monoisotopic (exact) mass is 535 g/mol. The lowest BCUT2D eigenvalue weighted by molar-refractivity contribution is 0.0177. The first-order valence-electron chi connectivity index (χ1n) is 10.7. The standard InChI is InChI=1S/C21H37N5OS.HI/c1-16(2)25-9-7-18(8-10-25)24-21(22-4)23-15-19(20-6-5-17(3)28-20)26-11-13-27-14-12-26;/h5-6,16,18-19H,7-15H2,1-4H3,(H2,22,23,24);1H. The minimum atomic E-state index is 0. The van der Waals surface area contributed by atoms with E-state index in [0.29, 0.717) is 18.1 Å². The number of likely N-dealkylation sites (tertiary alicyclic amines) is 1. The van der Waals surface area contributed by atoms with Crippen LogP contribution < -0.4 is 10.6 Å². The van der Waals surface area contributed by atoms with E-state index in [1.165, 1.54) is 22.6 Å². The average molecular weight is 536 g/mol. The van der Waals surface area contributed by atoms with E-state index < -0.39 is 0 Å². The Bertz CT molecular complexity index is 624. The van der Waals surface area contributed by atoms with Crippen molar-refractivity contribution in [1.82, 2.24) is 20.4 Å². The van der Waals surface area contributed by atoms with Gasteiger partial charge in [-0.05, 0) is 45.7 Å². The van der Waals surface area contributed by atoms with Crippen molar-refractivity contribution in [3.05, 3.63) is 21.9 Å². The number of nitrogens with zero attached hydrogens (tertiary/aromatic N) is 3. The Morgan fingerprint density at radius 2 is 1.86 bits per heavy atom. The fourth-order valence-corrected chi connectivity index (χ4v) is 5.09. The highest BCUT2D eigenvalue weighted by molar-refractivity contribution is 14.0. The third-order valence-corrected chi connectivity index (χ3v) is 6.97. The molecule has 1 atom stereocenters. The van der Waals surface area contributed by atoms with Crippen LogP contribution in [-0.2, 0) is 4.74 Å². The molecule has 0 saturated carbocycles. The molecule has 2 N–H and O–H groups in total. The number of aryl methyl sites for hydroxylation is 1. The summed E-state index contributed by atoms with van der Waals surface area (Å²) in [5.74, 6) is 0.925. The van der Waals surface area contributed by atoms with Gasteiger partial charge in [0.15, 0.2) is 5.96 Å². The number of guanidine groups is 1. The first-order chi connectivity index (χ1) is 13.6. The molecular formula is C21H38IN5OS. The molecule has 6 nitrogen and oxygen atoms in total. The van der Waals surface area contributed by atoms with Gasteiger partial charge in [0.1, 0.15) is 0 Å². The number of piperidine rings is 1. The van der Waals surface area contributed by atoms with Crippen LogP contribution in [0.25, 0.3) is 0 Å². The summed E-state index contributed by atoms with van der Waals surface area (Å²) in [6.45, 7) is 13.6. The van der Waals surface area contributed by atoms with Crippen LogP contribution in [0.1, 0.15) is 42.5 Å². The summed E-state index contributed by atoms with van der Waals surface area (Å²) in [5, 5.41) is 7.26. The lowest BCUT2D eigenvalue weighted by Crippen LogP contribution is -2.51. The van der Waals surface area contributed by atoms with Crippen molar-refractivity contribution < 1.29 is 4.74 Å². The highest BCUT2D eigenvalue weighted by Gasteiger charge is 2.25. The van der Waals surface area contributed by atoms with Crippen LogP contribution in [0.15, 0.2) is 17.1 Å². The number of hydrogen-bond donors (Lipinski definition) is 2. The zero-order chi connectivity index (χ0) is 19.9.